The van der Waals surface area contributed by atoms with Crippen molar-refractivity contribution in [2.45, 2.75) is 122 Å². The third kappa shape index (κ3) is 7.58. The number of rotatable bonds is 11. The van der Waals surface area contributed by atoms with E-state index in [9.17, 15) is 0 Å². The highest BCUT2D eigenvalue weighted by Gasteiger charge is 2.23. The molecule has 2 fully saturated rings. The van der Waals surface area contributed by atoms with Crippen LogP contribution in [0.3, 0.4) is 0 Å². The molecule has 4 rings (SSSR count). The van der Waals surface area contributed by atoms with Gasteiger partial charge in [0, 0.05) is 0 Å². The average molecular weight is 471 g/mol. The first kappa shape index (κ1) is 26.2. The van der Waals surface area contributed by atoms with E-state index in [0.717, 1.165) is 30.1 Å². The molecule has 0 heteroatoms. The number of hydrogen-bond acceptors (Lipinski definition) is 0. The fourth-order valence-electron chi connectivity index (χ4n) is 6.73. The summed E-state index contributed by atoms with van der Waals surface area (Å²) in [6.07, 6.45) is 20.6. The molecule has 2 saturated carbocycles. The number of unbranched alkanes of at least 4 members (excludes halogenated alkanes) is 2. The average Bonchev–Trinajstić information content (AvgIpc) is 2.93. The van der Waals surface area contributed by atoms with Gasteiger partial charge in [-0.25, -0.2) is 0 Å². The normalized spacial score (nSPS) is 24.9. The van der Waals surface area contributed by atoms with Gasteiger partial charge in [-0.2, -0.15) is 0 Å². The third-order valence-electron chi connectivity index (χ3n) is 9.41. The van der Waals surface area contributed by atoms with Gasteiger partial charge in [0.1, 0.15) is 0 Å². The summed E-state index contributed by atoms with van der Waals surface area (Å²) in [4.78, 5) is 0. The Labute approximate surface area is 216 Å². The van der Waals surface area contributed by atoms with Gasteiger partial charge < -0.3 is 0 Å². The van der Waals surface area contributed by atoms with E-state index in [-0.39, 0.29) is 0 Å². The molecule has 0 bridgehead atoms. The van der Waals surface area contributed by atoms with Gasteiger partial charge in [0.15, 0.2) is 0 Å². The van der Waals surface area contributed by atoms with E-state index in [4.69, 9.17) is 0 Å². The summed E-state index contributed by atoms with van der Waals surface area (Å²) in [7, 11) is 0. The van der Waals surface area contributed by atoms with Gasteiger partial charge in [0.05, 0.1) is 0 Å². The SMILES string of the molecule is C=C(CC)CCC1CCC(c2ccc(-c3ccc(C4CCC(CCCCC)CC4)cc3)cc2)CC1. The molecular formula is C35H50. The van der Waals surface area contributed by atoms with E-state index in [1.807, 2.05) is 0 Å². The largest absolute Gasteiger partial charge is 0.0999 e. The van der Waals surface area contributed by atoms with Crippen LogP contribution in [0.25, 0.3) is 11.1 Å². The number of benzene rings is 2. The second kappa shape index (κ2) is 13.5. The topological polar surface area (TPSA) is 0 Å². The van der Waals surface area contributed by atoms with Crippen molar-refractivity contribution >= 4 is 0 Å². The standard InChI is InChI=1S/C35H50/c1-4-6-7-8-28-11-15-30(16-12-28)32-19-23-34(24-20-32)35-25-21-33(22-26-35)31-17-13-29(14-18-31)10-9-27(3)5-2/h19-26,28-31H,3-18H2,1-2H3. The van der Waals surface area contributed by atoms with Crippen LogP contribution in [-0.4, -0.2) is 0 Å². The van der Waals surface area contributed by atoms with Crippen molar-refractivity contribution in [1.82, 2.24) is 0 Å². The van der Waals surface area contributed by atoms with Crippen LogP contribution in [0.15, 0.2) is 60.7 Å². The molecule has 2 aromatic rings. The van der Waals surface area contributed by atoms with E-state index in [1.54, 1.807) is 11.1 Å². The predicted molar refractivity (Wildman–Crippen MR) is 154 cm³/mol. The molecule has 0 saturated heterocycles. The Hall–Kier alpha value is -1.82. The van der Waals surface area contributed by atoms with E-state index in [0.29, 0.717) is 0 Å². The van der Waals surface area contributed by atoms with Crippen molar-refractivity contribution in [2.24, 2.45) is 11.8 Å². The van der Waals surface area contributed by atoms with Crippen LogP contribution in [0, 0.1) is 11.8 Å². The van der Waals surface area contributed by atoms with Gasteiger partial charge >= 0.3 is 0 Å². The zero-order valence-electron chi connectivity index (χ0n) is 22.7. The Bertz CT molecular complexity index is 871. The fraction of sp³-hybridized carbons (Fsp3) is 0.600. The first-order valence-electron chi connectivity index (χ1n) is 15.0. The summed E-state index contributed by atoms with van der Waals surface area (Å²) in [6.45, 7) is 8.74. The molecule has 0 spiro atoms. The number of allylic oxidation sites excluding steroid dienone is 1. The summed E-state index contributed by atoms with van der Waals surface area (Å²) in [6, 6.07) is 19.1. The molecule has 0 aliphatic heterocycles. The van der Waals surface area contributed by atoms with E-state index < -0.39 is 0 Å². The Morgan fingerprint density at radius 2 is 1.09 bits per heavy atom. The number of hydrogen-bond donors (Lipinski definition) is 0. The minimum Gasteiger partial charge on any atom is -0.0999 e. The highest BCUT2D eigenvalue weighted by Crippen LogP contribution is 2.40. The molecular weight excluding hydrogens is 420 g/mol. The molecule has 2 aromatic carbocycles. The van der Waals surface area contributed by atoms with Crippen LogP contribution in [0.5, 0.6) is 0 Å². The first-order valence-corrected chi connectivity index (χ1v) is 15.0. The highest BCUT2D eigenvalue weighted by molar-refractivity contribution is 5.64. The molecule has 0 atom stereocenters. The molecule has 35 heavy (non-hydrogen) atoms. The molecule has 0 radical (unpaired) electrons. The maximum Gasteiger partial charge on any atom is -0.0162 e. The molecule has 0 nitrogen and oxygen atoms in total. The van der Waals surface area contributed by atoms with Gasteiger partial charge in [0.25, 0.3) is 0 Å². The zero-order chi connectivity index (χ0) is 24.5. The van der Waals surface area contributed by atoms with Crippen LogP contribution >= 0.6 is 0 Å². The Morgan fingerprint density at radius 1 is 0.629 bits per heavy atom. The van der Waals surface area contributed by atoms with Gasteiger partial charge in [-0.1, -0.05) is 100 Å². The minimum absolute atomic E-state index is 0.758. The second-order valence-corrected chi connectivity index (χ2v) is 11.8. The van der Waals surface area contributed by atoms with Crippen LogP contribution < -0.4 is 0 Å². The lowest BCUT2D eigenvalue weighted by Crippen LogP contribution is -2.13. The van der Waals surface area contributed by atoms with Crippen molar-refractivity contribution in [3.63, 3.8) is 0 Å². The molecule has 190 valence electrons. The zero-order valence-corrected chi connectivity index (χ0v) is 22.7. The summed E-state index contributed by atoms with van der Waals surface area (Å²) in [5.74, 6) is 3.45. The van der Waals surface area contributed by atoms with Crippen LogP contribution in [0.4, 0.5) is 0 Å². The molecule has 2 aliphatic carbocycles. The van der Waals surface area contributed by atoms with E-state index >= 15 is 0 Å². The van der Waals surface area contributed by atoms with Crippen LogP contribution in [0.2, 0.25) is 0 Å². The maximum atomic E-state index is 4.20. The lowest BCUT2D eigenvalue weighted by Gasteiger charge is -2.29. The van der Waals surface area contributed by atoms with Crippen LogP contribution in [0.1, 0.15) is 133 Å². The van der Waals surface area contributed by atoms with Crippen molar-refractivity contribution in [2.75, 3.05) is 0 Å². The Balaban J connectivity index is 1.25. The summed E-state index contributed by atoms with van der Waals surface area (Å²) >= 11 is 0. The van der Waals surface area contributed by atoms with Gasteiger partial charge in [-0.05, 0) is 117 Å². The molecule has 0 amide bonds. The summed E-state index contributed by atoms with van der Waals surface area (Å²) < 4.78 is 0. The van der Waals surface area contributed by atoms with Crippen LogP contribution in [-0.2, 0) is 0 Å². The first-order chi connectivity index (χ1) is 17.2. The van der Waals surface area contributed by atoms with Gasteiger partial charge in [-0.3, -0.25) is 0 Å². The monoisotopic (exact) mass is 470 g/mol. The van der Waals surface area contributed by atoms with E-state index in [2.05, 4.69) is 69.0 Å². The molecule has 0 unspecified atom stereocenters. The lowest BCUT2D eigenvalue weighted by atomic mass is 9.76. The smallest absolute Gasteiger partial charge is 0.0162 e. The second-order valence-electron chi connectivity index (χ2n) is 11.8. The Kier molecular flexibility index (Phi) is 10.1. The highest BCUT2D eigenvalue weighted by atomic mass is 14.3. The van der Waals surface area contributed by atoms with Crippen molar-refractivity contribution < 1.29 is 0 Å². The maximum absolute atomic E-state index is 4.20. The quantitative estimate of drug-likeness (QED) is 0.226. The van der Waals surface area contributed by atoms with Gasteiger partial charge in [0.2, 0.25) is 0 Å². The molecule has 2 aliphatic rings. The van der Waals surface area contributed by atoms with Gasteiger partial charge in [-0.15, -0.1) is 0 Å². The lowest BCUT2D eigenvalue weighted by molar-refractivity contribution is 0.303. The van der Waals surface area contributed by atoms with Crippen molar-refractivity contribution in [1.29, 1.82) is 0 Å². The van der Waals surface area contributed by atoms with Crippen molar-refractivity contribution in [3.8, 4) is 11.1 Å². The summed E-state index contributed by atoms with van der Waals surface area (Å²) in [5, 5.41) is 0. The van der Waals surface area contributed by atoms with Crippen molar-refractivity contribution in [3.05, 3.63) is 71.8 Å². The molecule has 0 aromatic heterocycles. The third-order valence-corrected chi connectivity index (χ3v) is 9.41. The summed E-state index contributed by atoms with van der Waals surface area (Å²) in [5.41, 5.74) is 7.29. The molecule has 0 N–H and O–H groups in total. The fourth-order valence-corrected chi connectivity index (χ4v) is 6.73. The minimum atomic E-state index is 0.758. The molecule has 0 heterocycles. The Morgan fingerprint density at radius 3 is 1.51 bits per heavy atom. The predicted octanol–water partition coefficient (Wildman–Crippen LogP) is 11.2. The van der Waals surface area contributed by atoms with E-state index in [1.165, 1.54) is 107 Å².